The lowest BCUT2D eigenvalue weighted by molar-refractivity contribution is 0.353. The monoisotopic (exact) mass is 327 g/mol. The van der Waals surface area contributed by atoms with E-state index in [4.69, 9.17) is 9.47 Å². The van der Waals surface area contributed by atoms with Crippen LogP contribution in [-0.4, -0.2) is 30.7 Å². The lowest BCUT2D eigenvalue weighted by Crippen LogP contribution is -2.31. The van der Waals surface area contributed by atoms with Crippen molar-refractivity contribution < 1.29 is 9.47 Å². The molecule has 6 heteroatoms. The minimum Gasteiger partial charge on any atom is -0.493 e. The van der Waals surface area contributed by atoms with Gasteiger partial charge in [0.15, 0.2) is 11.5 Å². The normalized spacial score (nSPS) is 13.9. The molecule has 0 unspecified atom stereocenters. The minimum absolute atomic E-state index is 0.775. The molecule has 0 fully saturated rings. The third-order valence-corrected chi connectivity index (χ3v) is 5.08. The highest BCUT2D eigenvalue weighted by molar-refractivity contribution is 7.16. The van der Waals surface area contributed by atoms with E-state index in [2.05, 4.69) is 38.4 Å². The zero-order chi connectivity index (χ0) is 15.8. The van der Waals surface area contributed by atoms with Gasteiger partial charge in [-0.1, -0.05) is 0 Å². The summed E-state index contributed by atoms with van der Waals surface area (Å²) >= 11 is 1.65. The number of aromatic nitrogens is 2. The van der Waals surface area contributed by atoms with Gasteiger partial charge in [0.25, 0.3) is 0 Å². The number of fused-ring (bicyclic) bond motifs is 2. The predicted octanol–water partition coefficient (Wildman–Crippen LogP) is 3.27. The van der Waals surface area contributed by atoms with E-state index in [9.17, 15) is 0 Å². The van der Waals surface area contributed by atoms with Crippen LogP contribution in [0.5, 0.6) is 11.5 Å². The molecule has 0 bridgehead atoms. The number of ether oxygens (including phenoxy) is 2. The van der Waals surface area contributed by atoms with Crippen molar-refractivity contribution in [2.45, 2.75) is 13.0 Å². The van der Waals surface area contributed by atoms with Crippen LogP contribution < -0.4 is 14.4 Å². The second kappa shape index (κ2) is 5.70. The van der Waals surface area contributed by atoms with Crippen LogP contribution in [0.25, 0.3) is 10.2 Å². The molecule has 23 heavy (non-hydrogen) atoms. The van der Waals surface area contributed by atoms with Gasteiger partial charge in [-0.15, -0.1) is 11.3 Å². The van der Waals surface area contributed by atoms with E-state index < -0.39 is 0 Å². The third kappa shape index (κ3) is 2.39. The van der Waals surface area contributed by atoms with Crippen molar-refractivity contribution in [3.8, 4) is 11.5 Å². The first-order chi connectivity index (χ1) is 11.3. The Kier molecular flexibility index (Phi) is 3.53. The summed E-state index contributed by atoms with van der Waals surface area (Å²) in [6.45, 7) is 1.75. The molecule has 0 radical (unpaired) electrons. The fraction of sp³-hybridized carbons (Fsp3) is 0.294. The summed E-state index contributed by atoms with van der Waals surface area (Å²) in [5, 5.41) is 3.19. The van der Waals surface area contributed by atoms with Gasteiger partial charge in [-0.25, -0.2) is 9.97 Å². The van der Waals surface area contributed by atoms with Gasteiger partial charge in [0.05, 0.1) is 19.6 Å². The minimum atomic E-state index is 0.775. The number of thiophene rings is 1. The highest BCUT2D eigenvalue weighted by Gasteiger charge is 2.22. The Morgan fingerprint density at radius 3 is 2.65 bits per heavy atom. The number of hydrogen-bond donors (Lipinski definition) is 0. The van der Waals surface area contributed by atoms with Crippen LogP contribution in [0.15, 0.2) is 29.9 Å². The van der Waals surface area contributed by atoms with Crippen molar-refractivity contribution in [3.05, 3.63) is 41.0 Å². The van der Waals surface area contributed by atoms with E-state index in [0.717, 1.165) is 47.0 Å². The molecular weight excluding hydrogens is 310 g/mol. The Bertz CT molecular complexity index is 862. The Labute approximate surface area is 138 Å². The van der Waals surface area contributed by atoms with Crippen molar-refractivity contribution in [1.82, 2.24) is 9.97 Å². The fourth-order valence-electron chi connectivity index (χ4n) is 3.09. The summed E-state index contributed by atoms with van der Waals surface area (Å²) in [6.07, 6.45) is 2.61. The Morgan fingerprint density at radius 2 is 1.87 bits per heavy atom. The summed E-state index contributed by atoms with van der Waals surface area (Å²) in [7, 11) is 3.34. The molecule has 0 atom stereocenters. The molecule has 0 saturated heterocycles. The smallest absolute Gasteiger partial charge is 0.161 e. The van der Waals surface area contributed by atoms with Crippen molar-refractivity contribution in [1.29, 1.82) is 0 Å². The van der Waals surface area contributed by atoms with Gasteiger partial charge in [-0.05, 0) is 41.1 Å². The van der Waals surface area contributed by atoms with Gasteiger partial charge >= 0.3 is 0 Å². The first kappa shape index (κ1) is 14.3. The van der Waals surface area contributed by atoms with Gasteiger partial charge in [0.1, 0.15) is 17.0 Å². The number of nitrogens with zero attached hydrogens (tertiary/aromatic N) is 3. The van der Waals surface area contributed by atoms with Crippen LogP contribution in [0.1, 0.15) is 11.1 Å². The van der Waals surface area contributed by atoms with Gasteiger partial charge in [0, 0.05) is 13.1 Å². The zero-order valence-corrected chi connectivity index (χ0v) is 13.9. The van der Waals surface area contributed by atoms with E-state index in [1.54, 1.807) is 31.9 Å². The second-order valence-corrected chi connectivity index (χ2v) is 6.38. The van der Waals surface area contributed by atoms with Crippen molar-refractivity contribution in [3.63, 3.8) is 0 Å². The average Bonchev–Trinajstić information content (AvgIpc) is 3.08. The second-order valence-electron chi connectivity index (χ2n) is 5.48. The molecule has 0 aliphatic carbocycles. The maximum absolute atomic E-state index is 5.43. The van der Waals surface area contributed by atoms with Crippen LogP contribution in [0, 0.1) is 0 Å². The van der Waals surface area contributed by atoms with E-state index in [1.165, 1.54) is 11.1 Å². The largest absolute Gasteiger partial charge is 0.493 e. The predicted molar refractivity (Wildman–Crippen MR) is 91.7 cm³/mol. The molecule has 3 aromatic rings. The quantitative estimate of drug-likeness (QED) is 0.739. The summed E-state index contributed by atoms with van der Waals surface area (Å²) in [6, 6.07) is 6.26. The molecular formula is C17H17N3O2S. The molecule has 0 N–H and O–H groups in total. The number of anilines is 1. The molecule has 3 heterocycles. The molecule has 2 aromatic heterocycles. The molecule has 0 spiro atoms. The van der Waals surface area contributed by atoms with E-state index in [-0.39, 0.29) is 0 Å². The van der Waals surface area contributed by atoms with Crippen molar-refractivity contribution >= 4 is 27.4 Å². The van der Waals surface area contributed by atoms with Crippen LogP contribution in [0.3, 0.4) is 0 Å². The Hall–Kier alpha value is -2.34. The first-order valence-corrected chi connectivity index (χ1v) is 8.35. The summed E-state index contributed by atoms with van der Waals surface area (Å²) < 4.78 is 10.8. The first-order valence-electron chi connectivity index (χ1n) is 7.47. The summed E-state index contributed by atoms with van der Waals surface area (Å²) in [5.41, 5.74) is 2.57. The number of rotatable bonds is 3. The van der Waals surface area contributed by atoms with Crippen LogP contribution in [-0.2, 0) is 13.0 Å². The van der Waals surface area contributed by atoms with Gasteiger partial charge in [0.2, 0.25) is 0 Å². The van der Waals surface area contributed by atoms with Gasteiger partial charge in [-0.2, -0.15) is 0 Å². The third-order valence-electron chi connectivity index (χ3n) is 4.26. The van der Waals surface area contributed by atoms with Crippen molar-refractivity contribution in [2.24, 2.45) is 0 Å². The van der Waals surface area contributed by atoms with Crippen LogP contribution >= 0.6 is 11.3 Å². The molecule has 1 aliphatic heterocycles. The Balaban J connectivity index is 1.72. The van der Waals surface area contributed by atoms with Crippen molar-refractivity contribution in [2.75, 3.05) is 25.7 Å². The van der Waals surface area contributed by atoms with Gasteiger partial charge < -0.3 is 14.4 Å². The maximum Gasteiger partial charge on any atom is 0.161 e. The highest BCUT2D eigenvalue weighted by atomic mass is 32.1. The fourth-order valence-corrected chi connectivity index (χ4v) is 3.82. The van der Waals surface area contributed by atoms with E-state index in [1.807, 2.05) is 0 Å². The molecule has 5 nitrogen and oxygen atoms in total. The summed E-state index contributed by atoms with van der Waals surface area (Å²) in [5.74, 6) is 2.58. The number of benzene rings is 1. The standard InChI is InChI=1S/C17H17N3O2S/c1-21-14-7-11-3-5-20(9-12(11)8-15(14)22-2)16-13-4-6-23-17(13)19-10-18-16/h4,6-8,10H,3,5,9H2,1-2H3. The molecule has 0 saturated carbocycles. The maximum atomic E-state index is 5.43. The van der Waals surface area contributed by atoms with Crippen LogP contribution in [0.2, 0.25) is 0 Å². The van der Waals surface area contributed by atoms with Crippen LogP contribution in [0.4, 0.5) is 5.82 Å². The Morgan fingerprint density at radius 1 is 1.09 bits per heavy atom. The topological polar surface area (TPSA) is 47.5 Å². The van der Waals surface area contributed by atoms with E-state index in [0.29, 0.717) is 0 Å². The van der Waals surface area contributed by atoms with E-state index >= 15 is 0 Å². The summed E-state index contributed by atoms with van der Waals surface area (Å²) in [4.78, 5) is 12.2. The molecule has 1 aromatic carbocycles. The molecule has 1 aliphatic rings. The number of methoxy groups -OCH3 is 2. The highest BCUT2D eigenvalue weighted by Crippen LogP contribution is 2.35. The average molecular weight is 327 g/mol. The SMILES string of the molecule is COc1cc2c(cc1OC)CN(c1ncnc3sccc13)CC2. The van der Waals surface area contributed by atoms with Gasteiger partial charge in [-0.3, -0.25) is 0 Å². The number of hydrogen-bond acceptors (Lipinski definition) is 6. The molecule has 118 valence electrons. The molecule has 0 amide bonds. The lowest BCUT2D eigenvalue weighted by atomic mass is 9.98. The zero-order valence-electron chi connectivity index (χ0n) is 13.1. The lowest BCUT2D eigenvalue weighted by Gasteiger charge is -2.30. The molecule has 4 rings (SSSR count).